The molecule has 0 fully saturated rings. The van der Waals surface area contributed by atoms with Gasteiger partial charge in [-0.3, -0.25) is 0 Å². The molecule has 0 aliphatic carbocycles. The van der Waals surface area contributed by atoms with Gasteiger partial charge in [-0.2, -0.15) is 0 Å². The Balaban J connectivity index is 0.000000138. The molecule has 0 N–H and O–H groups in total. The van der Waals surface area contributed by atoms with E-state index in [2.05, 4.69) is 282 Å². The minimum absolute atomic E-state index is 0.652. The van der Waals surface area contributed by atoms with Gasteiger partial charge in [0.15, 0.2) is 17.5 Å². The van der Waals surface area contributed by atoms with E-state index < -0.39 is 0 Å². The van der Waals surface area contributed by atoms with E-state index in [4.69, 9.17) is 15.0 Å². The van der Waals surface area contributed by atoms with Crippen molar-refractivity contribution < 1.29 is 0 Å². The second-order valence-corrected chi connectivity index (χ2v) is 25.9. The Morgan fingerprint density at radius 2 is 0.606 bits per heavy atom. The van der Waals surface area contributed by atoms with Crippen molar-refractivity contribution in [3.63, 3.8) is 0 Å². The summed E-state index contributed by atoms with van der Waals surface area (Å²) in [5, 5.41) is 10.3. The molecule has 7 heteroatoms. The average Bonchev–Trinajstić information content (AvgIpc) is 1.60. The molecule has 0 saturated heterocycles. The SMILES string of the molecule is c1ccc(-c2ccc(-c3cccc4c3sc3c(-c5cccc(-c6nc(-c7ccccc7)nc(-c7ccccc7)n6)c5)cccc34)cc2)cc1.c1ccc(-n2c3ccccc3c3cc(-c4ccc5c(c4)c4ccccc4n5-c4cccc5c4sc4ccccc45)ccc32)cc1. The number of hydrogen-bond donors (Lipinski definition) is 0. The molecule has 0 aliphatic rings. The van der Waals surface area contributed by atoms with E-state index in [1.165, 1.54) is 134 Å². The zero-order chi connectivity index (χ0) is 62.1. The first-order chi connectivity index (χ1) is 46.6. The summed E-state index contributed by atoms with van der Waals surface area (Å²) < 4.78 is 10.1. The van der Waals surface area contributed by atoms with Crippen LogP contribution in [0, 0.1) is 0 Å². The number of rotatable bonds is 9. The van der Waals surface area contributed by atoms with Crippen LogP contribution >= 0.6 is 22.7 Å². The molecule has 0 bridgehead atoms. The highest BCUT2D eigenvalue weighted by atomic mass is 32.1. The summed E-state index contributed by atoms with van der Waals surface area (Å²) in [7, 11) is 0. The standard InChI is InChI=1S/C45H29N3S.C42H26N2S/c1-4-13-30(14-5-1)31-25-27-32(28-26-31)37-21-11-23-39-40-24-12-22-38(42(40)49-41(37)39)35-19-10-20-36(29-35)45-47-43(33-15-6-2-7-16-33)46-44(48-45)34-17-8-3-9-18-34;1-2-11-29(12-3-1)43-36-17-7-4-13-30(36)34-25-27(21-23-38(34)43)28-22-24-39-35(26-28)31-14-5-8-18-37(31)44(39)40-19-10-16-33-32-15-6-9-20-41(32)45-42(33)40/h1-29H;1-26H. The second kappa shape index (κ2) is 23.1. The van der Waals surface area contributed by atoms with Crippen molar-refractivity contribution in [2.45, 2.75) is 0 Å². The summed E-state index contributed by atoms with van der Waals surface area (Å²) >= 11 is 3.75. The lowest BCUT2D eigenvalue weighted by Gasteiger charge is -2.10. The van der Waals surface area contributed by atoms with Crippen LogP contribution in [0.5, 0.6) is 0 Å². The normalized spacial score (nSPS) is 11.6. The van der Waals surface area contributed by atoms with Gasteiger partial charge < -0.3 is 9.13 Å². The van der Waals surface area contributed by atoms with Crippen molar-refractivity contribution >= 4 is 107 Å². The Morgan fingerprint density at radius 1 is 0.213 bits per heavy atom. The van der Waals surface area contributed by atoms with Gasteiger partial charge in [-0.25, -0.2) is 15.0 Å². The Hall–Kier alpha value is -11.9. The minimum Gasteiger partial charge on any atom is -0.309 e. The quantitative estimate of drug-likeness (QED) is 0.145. The molecule has 5 aromatic heterocycles. The molecule has 440 valence electrons. The molecular formula is C87H55N5S2. The highest BCUT2D eigenvalue weighted by Crippen LogP contribution is 2.46. The van der Waals surface area contributed by atoms with E-state index in [1.54, 1.807) is 0 Å². The van der Waals surface area contributed by atoms with Gasteiger partial charge >= 0.3 is 0 Å². The average molecular weight is 1230 g/mol. The topological polar surface area (TPSA) is 48.5 Å². The number of nitrogens with zero attached hydrogens (tertiary/aromatic N) is 5. The van der Waals surface area contributed by atoms with Gasteiger partial charge in [-0.15, -0.1) is 22.7 Å². The predicted octanol–water partition coefficient (Wildman–Crippen LogP) is 24.2. The predicted molar refractivity (Wildman–Crippen MR) is 399 cm³/mol. The summed E-state index contributed by atoms with van der Waals surface area (Å²) in [6, 6.07) is 119. The van der Waals surface area contributed by atoms with Crippen LogP contribution in [0.4, 0.5) is 0 Å². The van der Waals surface area contributed by atoms with Gasteiger partial charge in [0.05, 0.1) is 32.5 Å². The van der Waals surface area contributed by atoms with E-state index >= 15 is 0 Å². The van der Waals surface area contributed by atoms with E-state index in [0.29, 0.717) is 17.5 Å². The number of benzene rings is 14. The van der Waals surface area contributed by atoms with Crippen LogP contribution in [0.3, 0.4) is 0 Å². The highest BCUT2D eigenvalue weighted by molar-refractivity contribution is 7.27. The second-order valence-electron chi connectivity index (χ2n) is 23.8. The van der Waals surface area contributed by atoms with Crippen LogP contribution in [0.1, 0.15) is 0 Å². The van der Waals surface area contributed by atoms with Crippen LogP contribution in [0.25, 0.3) is 174 Å². The lowest BCUT2D eigenvalue weighted by Crippen LogP contribution is -2.00. The first-order valence-electron chi connectivity index (χ1n) is 31.7. The fourth-order valence-corrected chi connectivity index (χ4v) is 16.4. The van der Waals surface area contributed by atoms with E-state index in [1.807, 2.05) is 83.3 Å². The molecule has 0 saturated carbocycles. The van der Waals surface area contributed by atoms with Crippen molar-refractivity contribution in [2.24, 2.45) is 0 Å². The molecule has 0 atom stereocenters. The minimum atomic E-state index is 0.652. The fourth-order valence-electron chi connectivity index (χ4n) is 13.8. The largest absolute Gasteiger partial charge is 0.309 e. The van der Waals surface area contributed by atoms with E-state index in [9.17, 15) is 0 Å². The number of para-hydroxylation sites is 3. The van der Waals surface area contributed by atoms with Crippen LogP contribution in [-0.4, -0.2) is 24.1 Å². The zero-order valence-corrected chi connectivity index (χ0v) is 52.4. The van der Waals surface area contributed by atoms with Crippen LogP contribution < -0.4 is 0 Å². The summed E-state index contributed by atoms with van der Waals surface area (Å²) in [4.78, 5) is 14.8. The molecule has 0 spiro atoms. The maximum atomic E-state index is 4.98. The molecule has 0 radical (unpaired) electrons. The summed E-state index contributed by atoms with van der Waals surface area (Å²) in [6.45, 7) is 0. The van der Waals surface area contributed by atoms with Gasteiger partial charge in [0.1, 0.15) is 0 Å². The summed E-state index contributed by atoms with van der Waals surface area (Å²) in [5.74, 6) is 1.97. The monoisotopic (exact) mass is 1230 g/mol. The maximum Gasteiger partial charge on any atom is 0.164 e. The molecule has 19 aromatic rings. The first-order valence-corrected chi connectivity index (χ1v) is 33.4. The van der Waals surface area contributed by atoms with Crippen molar-refractivity contribution in [1.82, 2.24) is 24.1 Å². The molecular weight excluding hydrogens is 1180 g/mol. The highest BCUT2D eigenvalue weighted by Gasteiger charge is 2.21. The van der Waals surface area contributed by atoms with Gasteiger partial charge in [0.25, 0.3) is 0 Å². The molecule has 94 heavy (non-hydrogen) atoms. The lowest BCUT2D eigenvalue weighted by molar-refractivity contribution is 1.07. The molecule has 14 aromatic carbocycles. The van der Waals surface area contributed by atoms with Crippen molar-refractivity contribution in [1.29, 1.82) is 0 Å². The van der Waals surface area contributed by atoms with Gasteiger partial charge in [-0.05, 0) is 111 Å². The van der Waals surface area contributed by atoms with Gasteiger partial charge in [-0.1, -0.05) is 267 Å². The smallest absolute Gasteiger partial charge is 0.164 e. The number of fused-ring (bicyclic) bond motifs is 12. The van der Waals surface area contributed by atoms with Gasteiger partial charge in [0.2, 0.25) is 0 Å². The maximum absolute atomic E-state index is 4.98. The third kappa shape index (κ3) is 9.56. The Morgan fingerprint density at radius 3 is 1.21 bits per heavy atom. The fraction of sp³-hybridized carbons (Fsp3) is 0. The van der Waals surface area contributed by atoms with E-state index in [-0.39, 0.29) is 0 Å². The first kappa shape index (κ1) is 55.0. The Labute approximate surface area is 550 Å². The molecule has 19 rings (SSSR count). The Kier molecular flexibility index (Phi) is 13.5. The third-order valence-electron chi connectivity index (χ3n) is 18.3. The number of aromatic nitrogens is 5. The van der Waals surface area contributed by atoms with Crippen molar-refractivity contribution in [3.05, 3.63) is 334 Å². The number of thiophene rings is 2. The molecule has 5 heterocycles. The third-order valence-corrected chi connectivity index (χ3v) is 20.8. The van der Waals surface area contributed by atoms with Gasteiger partial charge in [0, 0.05) is 79.6 Å². The molecule has 0 unspecified atom stereocenters. The Bertz CT molecular complexity index is 6030. The van der Waals surface area contributed by atoms with Crippen LogP contribution in [-0.2, 0) is 0 Å². The van der Waals surface area contributed by atoms with E-state index in [0.717, 1.165) is 22.3 Å². The zero-order valence-electron chi connectivity index (χ0n) is 50.8. The summed E-state index contributed by atoms with van der Waals surface area (Å²) in [6.07, 6.45) is 0. The van der Waals surface area contributed by atoms with Crippen molar-refractivity contribution in [3.8, 4) is 90.0 Å². The van der Waals surface area contributed by atoms with Crippen molar-refractivity contribution in [2.75, 3.05) is 0 Å². The number of hydrogen-bond acceptors (Lipinski definition) is 5. The summed E-state index contributed by atoms with van der Waals surface area (Å²) in [5.41, 5.74) is 19.9. The molecule has 0 amide bonds. The lowest BCUT2D eigenvalue weighted by atomic mass is 9.98. The molecule has 5 nitrogen and oxygen atoms in total. The van der Waals surface area contributed by atoms with Crippen LogP contribution in [0.15, 0.2) is 334 Å². The molecule has 0 aliphatic heterocycles. The van der Waals surface area contributed by atoms with Crippen LogP contribution in [0.2, 0.25) is 0 Å².